The molecular formula is C16H13ClFN3O. The summed E-state index contributed by atoms with van der Waals surface area (Å²) in [5.41, 5.74) is 8.09. The lowest BCUT2D eigenvalue weighted by Crippen LogP contribution is -2.00. The zero-order valence-electron chi connectivity index (χ0n) is 12.0. The highest BCUT2D eigenvalue weighted by Gasteiger charge is 2.19. The molecule has 0 aliphatic carbocycles. The summed E-state index contributed by atoms with van der Waals surface area (Å²) in [4.78, 5) is 8.16. The van der Waals surface area contributed by atoms with Gasteiger partial charge in [-0.2, -0.15) is 0 Å². The average molecular weight is 318 g/mol. The number of ether oxygens (including phenoxy) is 1. The highest BCUT2D eigenvalue weighted by atomic mass is 35.5. The zero-order chi connectivity index (χ0) is 15.9. The number of fused-ring (bicyclic) bond motifs is 1. The van der Waals surface area contributed by atoms with Crippen molar-refractivity contribution in [3.05, 3.63) is 47.0 Å². The van der Waals surface area contributed by atoms with Gasteiger partial charge in [-0.05, 0) is 24.1 Å². The smallest absolute Gasteiger partial charge is 0.138 e. The minimum Gasteiger partial charge on any atom is -0.496 e. The van der Waals surface area contributed by atoms with E-state index in [1.165, 1.54) is 19.5 Å². The predicted molar refractivity (Wildman–Crippen MR) is 85.6 cm³/mol. The highest BCUT2D eigenvalue weighted by molar-refractivity contribution is 6.31. The number of methoxy groups -OCH3 is 1. The largest absolute Gasteiger partial charge is 0.496 e. The lowest BCUT2D eigenvalue weighted by molar-refractivity contribution is 0.416. The van der Waals surface area contributed by atoms with Crippen LogP contribution in [-0.4, -0.2) is 17.1 Å². The van der Waals surface area contributed by atoms with Crippen LogP contribution in [0.3, 0.4) is 0 Å². The first kappa shape index (κ1) is 14.5. The molecule has 4 nitrogen and oxygen atoms in total. The molecule has 0 amide bonds. The van der Waals surface area contributed by atoms with Crippen molar-refractivity contribution in [2.75, 3.05) is 12.8 Å². The van der Waals surface area contributed by atoms with Crippen molar-refractivity contribution < 1.29 is 9.13 Å². The third-order valence-electron chi connectivity index (χ3n) is 3.61. The number of nitrogens with two attached hydrogens (primary N) is 1. The van der Waals surface area contributed by atoms with Gasteiger partial charge in [0.25, 0.3) is 0 Å². The Morgan fingerprint density at radius 1 is 1.27 bits per heavy atom. The van der Waals surface area contributed by atoms with E-state index in [1.807, 2.05) is 6.92 Å². The molecule has 1 aromatic heterocycles. The van der Waals surface area contributed by atoms with Crippen molar-refractivity contribution in [1.82, 2.24) is 9.97 Å². The second-order valence-corrected chi connectivity index (χ2v) is 5.24. The van der Waals surface area contributed by atoms with Gasteiger partial charge in [0.05, 0.1) is 18.0 Å². The SMILES string of the molecule is COc1cc(F)c(-c2cccc(Cl)c2C)c2ncnc(N)c12. The van der Waals surface area contributed by atoms with E-state index >= 15 is 0 Å². The number of nitrogens with zero attached hydrogens (tertiary/aromatic N) is 2. The van der Waals surface area contributed by atoms with E-state index in [0.29, 0.717) is 32.8 Å². The Hall–Kier alpha value is -2.40. The van der Waals surface area contributed by atoms with Gasteiger partial charge in [0.1, 0.15) is 23.7 Å². The molecule has 6 heteroatoms. The van der Waals surface area contributed by atoms with Crippen LogP contribution < -0.4 is 10.5 Å². The van der Waals surface area contributed by atoms with Crippen molar-refractivity contribution in [3.8, 4) is 16.9 Å². The molecule has 0 aliphatic heterocycles. The van der Waals surface area contributed by atoms with Gasteiger partial charge in [-0.3, -0.25) is 0 Å². The van der Waals surface area contributed by atoms with Gasteiger partial charge in [-0.15, -0.1) is 0 Å². The molecule has 3 rings (SSSR count). The van der Waals surface area contributed by atoms with Crippen LogP contribution in [0.1, 0.15) is 5.56 Å². The molecule has 2 N–H and O–H groups in total. The Balaban J connectivity index is 2.47. The van der Waals surface area contributed by atoms with Crippen molar-refractivity contribution in [1.29, 1.82) is 0 Å². The number of aromatic nitrogens is 2. The van der Waals surface area contributed by atoms with Gasteiger partial charge in [-0.1, -0.05) is 23.7 Å². The summed E-state index contributed by atoms with van der Waals surface area (Å²) >= 11 is 6.15. The molecule has 0 bridgehead atoms. The first-order chi connectivity index (χ1) is 10.5. The van der Waals surface area contributed by atoms with Crippen LogP contribution in [0.2, 0.25) is 5.02 Å². The van der Waals surface area contributed by atoms with Crippen molar-refractivity contribution in [3.63, 3.8) is 0 Å². The molecule has 0 aliphatic rings. The van der Waals surface area contributed by atoms with E-state index in [-0.39, 0.29) is 5.82 Å². The first-order valence-electron chi connectivity index (χ1n) is 6.56. The fraction of sp³-hybridized carbons (Fsp3) is 0.125. The van der Waals surface area contributed by atoms with Crippen LogP contribution in [0.4, 0.5) is 10.2 Å². The summed E-state index contributed by atoms with van der Waals surface area (Å²) in [6.45, 7) is 1.83. The van der Waals surface area contributed by atoms with E-state index < -0.39 is 5.82 Å². The summed E-state index contributed by atoms with van der Waals surface area (Å²) in [6.07, 6.45) is 1.31. The van der Waals surface area contributed by atoms with Gasteiger partial charge in [0, 0.05) is 16.7 Å². The fourth-order valence-electron chi connectivity index (χ4n) is 2.50. The lowest BCUT2D eigenvalue weighted by atomic mass is 9.97. The molecule has 0 fully saturated rings. The Morgan fingerprint density at radius 3 is 2.77 bits per heavy atom. The minimum atomic E-state index is -0.451. The Kier molecular flexibility index (Phi) is 3.58. The topological polar surface area (TPSA) is 61.0 Å². The van der Waals surface area contributed by atoms with Gasteiger partial charge in [0.2, 0.25) is 0 Å². The molecule has 22 heavy (non-hydrogen) atoms. The van der Waals surface area contributed by atoms with Crippen LogP contribution in [-0.2, 0) is 0 Å². The highest BCUT2D eigenvalue weighted by Crippen LogP contribution is 2.39. The molecule has 0 saturated carbocycles. The number of hydrogen-bond donors (Lipinski definition) is 1. The van der Waals surface area contributed by atoms with Crippen LogP contribution in [0.5, 0.6) is 5.75 Å². The Labute approximate surface area is 131 Å². The quantitative estimate of drug-likeness (QED) is 0.776. The number of halogens is 2. The van der Waals surface area contributed by atoms with E-state index in [2.05, 4.69) is 9.97 Å². The third kappa shape index (κ3) is 2.14. The van der Waals surface area contributed by atoms with Crippen LogP contribution in [0.15, 0.2) is 30.6 Å². The third-order valence-corrected chi connectivity index (χ3v) is 4.02. The summed E-state index contributed by atoms with van der Waals surface area (Å²) in [7, 11) is 1.45. The molecule has 0 unspecified atom stereocenters. The van der Waals surface area contributed by atoms with Crippen molar-refractivity contribution >= 4 is 28.3 Å². The van der Waals surface area contributed by atoms with E-state index in [0.717, 1.165) is 5.56 Å². The molecule has 0 radical (unpaired) electrons. The summed E-state index contributed by atoms with van der Waals surface area (Å²) in [5.74, 6) is 0.0876. The molecule has 112 valence electrons. The van der Waals surface area contributed by atoms with Gasteiger partial charge >= 0.3 is 0 Å². The zero-order valence-corrected chi connectivity index (χ0v) is 12.8. The van der Waals surface area contributed by atoms with E-state index in [1.54, 1.807) is 18.2 Å². The molecule has 0 atom stereocenters. The number of hydrogen-bond acceptors (Lipinski definition) is 4. The monoisotopic (exact) mass is 317 g/mol. The number of benzene rings is 2. The lowest BCUT2D eigenvalue weighted by Gasteiger charge is -2.14. The Bertz CT molecular complexity index is 883. The molecule has 1 heterocycles. The minimum absolute atomic E-state index is 0.239. The normalized spacial score (nSPS) is 10.9. The average Bonchev–Trinajstić information content (AvgIpc) is 2.50. The molecule has 3 aromatic rings. The van der Waals surface area contributed by atoms with Crippen LogP contribution >= 0.6 is 11.6 Å². The molecular weight excluding hydrogens is 305 g/mol. The van der Waals surface area contributed by atoms with Crippen LogP contribution in [0, 0.1) is 12.7 Å². The number of nitrogen functional groups attached to an aromatic ring is 1. The summed E-state index contributed by atoms with van der Waals surface area (Å²) < 4.78 is 19.9. The maximum Gasteiger partial charge on any atom is 0.138 e. The van der Waals surface area contributed by atoms with Crippen molar-refractivity contribution in [2.24, 2.45) is 0 Å². The summed E-state index contributed by atoms with van der Waals surface area (Å²) in [5, 5.41) is 1.05. The maximum atomic E-state index is 14.7. The predicted octanol–water partition coefficient (Wildman–Crippen LogP) is 3.99. The standard InChI is InChI=1S/C16H13ClFN3O/c1-8-9(4-3-5-10(8)17)13-11(18)6-12(22-2)14-15(13)20-7-21-16(14)19/h3-7H,1-2H3,(H2,19,20,21). The Morgan fingerprint density at radius 2 is 2.05 bits per heavy atom. The van der Waals surface area contributed by atoms with Crippen LogP contribution in [0.25, 0.3) is 22.0 Å². The van der Waals surface area contributed by atoms with Gasteiger partial charge in [-0.25, -0.2) is 14.4 Å². The molecule has 2 aromatic carbocycles. The van der Waals surface area contributed by atoms with E-state index in [9.17, 15) is 4.39 Å². The van der Waals surface area contributed by atoms with Crippen molar-refractivity contribution in [2.45, 2.75) is 6.92 Å². The first-order valence-corrected chi connectivity index (χ1v) is 6.94. The van der Waals surface area contributed by atoms with E-state index in [4.69, 9.17) is 22.1 Å². The van der Waals surface area contributed by atoms with Gasteiger partial charge < -0.3 is 10.5 Å². The fourth-order valence-corrected chi connectivity index (χ4v) is 2.67. The second kappa shape index (κ2) is 5.42. The number of anilines is 1. The molecule has 0 saturated heterocycles. The number of rotatable bonds is 2. The van der Waals surface area contributed by atoms with Gasteiger partial charge in [0.15, 0.2) is 0 Å². The summed E-state index contributed by atoms with van der Waals surface area (Å²) in [6, 6.07) is 6.61. The molecule has 0 spiro atoms. The second-order valence-electron chi connectivity index (χ2n) is 4.83. The maximum absolute atomic E-state index is 14.7.